The molecule has 2 heterocycles. The maximum absolute atomic E-state index is 15.0. The van der Waals surface area contributed by atoms with Crippen molar-refractivity contribution >= 4 is 5.91 Å². The standard InChI is InChI=1S/C31H25F7N4O2/c1-15(32)44-20-6-4-17(5-7-20)21-3-2-8-39-27(21)24(11-16-9-18(33)12-19(34)10-16)40-25(43)14-42-29-26(28(41-42)30(35)36)22-13-23(22)31(29,37)38/h2-10,12,15,22-24,30H,11,13-14H2,1H3,(H,40,43)/t15?,22?,23?,24-/m0/s1. The molecule has 4 atom stereocenters. The monoisotopic (exact) mass is 618 g/mol. The number of aromatic nitrogens is 3. The highest BCUT2D eigenvalue weighted by Gasteiger charge is 2.67. The van der Waals surface area contributed by atoms with Gasteiger partial charge in [-0.15, -0.1) is 0 Å². The molecule has 1 saturated carbocycles. The third-order valence-corrected chi connectivity index (χ3v) is 7.79. The SMILES string of the molecule is CC(F)Oc1ccc(-c2cccnc2[C@H](Cc2cc(F)cc(F)c2)NC(=O)Cn2nc(C(F)F)c3c2C(F)(F)C2CC32)cc1. The molecule has 2 aliphatic carbocycles. The molecule has 44 heavy (non-hydrogen) atoms. The van der Waals surface area contributed by atoms with E-state index >= 15 is 8.78 Å². The van der Waals surface area contributed by atoms with E-state index in [1.807, 2.05) is 0 Å². The van der Waals surface area contributed by atoms with E-state index in [0.717, 1.165) is 12.1 Å². The van der Waals surface area contributed by atoms with Crippen LogP contribution in [-0.2, 0) is 23.7 Å². The van der Waals surface area contributed by atoms with Gasteiger partial charge in [0.1, 0.15) is 35.3 Å². The van der Waals surface area contributed by atoms with Crippen molar-refractivity contribution in [3.8, 4) is 16.9 Å². The molecule has 1 fully saturated rings. The Bertz CT molecular complexity index is 1690. The summed E-state index contributed by atoms with van der Waals surface area (Å²) < 4.78 is 105. The van der Waals surface area contributed by atoms with Crippen molar-refractivity contribution in [3.05, 3.63) is 101 Å². The van der Waals surface area contributed by atoms with E-state index < -0.39 is 72.1 Å². The molecule has 6 rings (SSSR count). The molecule has 4 aromatic rings. The summed E-state index contributed by atoms with van der Waals surface area (Å²) in [6, 6.07) is 11.4. The van der Waals surface area contributed by atoms with Crippen molar-refractivity contribution < 1.29 is 40.3 Å². The average Bonchev–Trinajstić information content (AvgIpc) is 3.61. The largest absolute Gasteiger partial charge is 0.461 e. The van der Waals surface area contributed by atoms with E-state index in [4.69, 9.17) is 4.74 Å². The maximum atomic E-state index is 15.0. The number of benzene rings is 2. The Morgan fingerprint density at radius 3 is 2.43 bits per heavy atom. The molecule has 0 radical (unpaired) electrons. The number of amides is 1. The van der Waals surface area contributed by atoms with E-state index in [-0.39, 0.29) is 35.4 Å². The summed E-state index contributed by atoms with van der Waals surface area (Å²) in [5.41, 5.74) is -0.123. The fraction of sp³-hybridized carbons (Fsp3) is 0.323. The van der Waals surface area contributed by atoms with E-state index in [1.165, 1.54) is 25.3 Å². The van der Waals surface area contributed by atoms with Crippen molar-refractivity contribution in [2.75, 3.05) is 0 Å². The zero-order valence-corrected chi connectivity index (χ0v) is 23.1. The van der Waals surface area contributed by atoms with Crippen LogP contribution in [0.3, 0.4) is 0 Å². The zero-order chi connectivity index (χ0) is 31.3. The first-order valence-corrected chi connectivity index (χ1v) is 13.8. The minimum absolute atomic E-state index is 0.0756. The number of hydrogen-bond acceptors (Lipinski definition) is 4. The Morgan fingerprint density at radius 2 is 1.77 bits per heavy atom. The highest BCUT2D eigenvalue weighted by atomic mass is 19.3. The quantitative estimate of drug-likeness (QED) is 0.192. The minimum Gasteiger partial charge on any atom is -0.461 e. The predicted molar refractivity (Wildman–Crippen MR) is 144 cm³/mol. The van der Waals surface area contributed by atoms with E-state index in [2.05, 4.69) is 15.4 Å². The lowest BCUT2D eigenvalue weighted by atomic mass is 9.95. The molecule has 1 amide bonds. The maximum Gasteiger partial charge on any atom is 0.293 e. The van der Waals surface area contributed by atoms with Gasteiger partial charge in [0.25, 0.3) is 12.3 Å². The summed E-state index contributed by atoms with van der Waals surface area (Å²) in [4.78, 5) is 17.8. The molecule has 13 heteroatoms. The van der Waals surface area contributed by atoms with Crippen molar-refractivity contribution in [1.29, 1.82) is 0 Å². The molecule has 230 valence electrons. The Labute approximate surface area is 246 Å². The molecule has 6 nitrogen and oxygen atoms in total. The summed E-state index contributed by atoms with van der Waals surface area (Å²) >= 11 is 0. The summed E-state index contributed by atoms with van der Waals surface area (Å²) in [6.45, 7) is 0.430. The van der Waals surface area contributed by atoms with Crippen LogP contribution < -0.4 is 10.1 Å². The molecule has 2 aromatic carbocycles. The second kappa shape index (κ2) is 11.3. The first-order valence-electron chi connectivity index (χ1n) is 13.8. The molecule has 0 spiro atoms. The van der Waals surface area contributed by atoms with E-state index in [9.17, 15) is 26.7 Å². The molecular weight excluding hydrogens is 593 g/mol. The number of fused-ring (bicyclic) bond motifs is 3. The number of rotatable bonds is 10. The fourth-order valence-corrected chi connectivity index (χ4v) is 5.97. The summed E-state index contributed by atoms with van der Waals surface area (Å²) in [5, 5.41) is 6.38. The summed E-state index contributed by atoms with van der Waals surface area (Å²) in [5.74, 6) is -7.53. The van der Waals surface area contributed by atoms with Crippen molar-refractivity contribution in [2.45, 2.75) is 57.0 Å². The van der Waals surface area contributed by atoms with Gasteiger partial charge < -0.3 is 10.1 Å². The fourth-order valence-electron chi connectivity index (χ4n) is 5.97. The lowest BCUT2D eigenvalue weighted by Gasteiger charge is -2.22. The highest BCUT2D eigenvalue weighted by molar-refractivity contribution is 5.77. The topological polar surface area (TPSA) is 69.0 Å². The Morgan fingerprint density at radius 1 is 1.07 bits per heavy atom. The van der Waals surface area contributed by atoms with Gasteiger partial charge in [-0.2, -0.15) is 13.9 Å². The van der Waals surface area contributed by atoms with Gasteiger partial charge in [-0.3, -0.25) is 14.5 Å². The minimum atomic E-state index is -3.41. The number of halogens is 7. The molecule has 0 aliphatic heterocycles. The molecule has 2 aromatic heterocycles. The number of carbonyl (C=O) groups is 1. The van der Waals surface area contributed by atoms with Gasteiger partial charge in [0.15, 0.2) is 0 Å². The number of alkyl halides is 5. The van der Waals surface area contributed by atoms with E-state index in [1.54, 1.807) is 24.3 Å². The molecule has 2 aliphatic rings. The first kappa shape index (κ1) is 29.6. The lowest BCUT2D eigenvalue weighted by Crippen LogP contribution is -2.35. The van der Waals surface area contributed by atoms with Crippen LogP contribution in [0.4, 0.5) is 30.7 Å². The van der Waals surface area contributed by atoms with E-state index in [0.29, 0.717) is 21.9 Å². The van der Waals surface area contributed by atoms with Gasteiger partial charge in [-0.1, -0.05) is 18.2 Å². The number of ether oxygens (including phenoxy) is 1. The number of nitrogens with zero attached hydrogens (tertiary/aromatic N) is 3. The van der Waals surface area contributed by atoms with Gasteiger partial charge in [-0.25, -0.2) is 22.0 Å². The number of nitrogens with one attached hydrogen (secondary N) is 1. The van der Waals surface area contributed by atoms with Crippen molar-refractivity contribution in [1.82, 2.24) is 20.1 Å². The van der Waals surface area contributed by atoms with Crippen LogP contribution in [0.5, 0.6) is 5.75 Å². The predicted octanol–water partition coefficient (Wildman–Crippen LogP) is 7.16. The van der Waals surface area contributed by atoms with Crippen LogP contribution in [0.25, 0.3) is 11.1 Å². The lowest BCUT2D eigenvalue weighted by molar-refractivity contribution is -0.123. The van der Waals surface area contributed by atoms with Gasteiger partial charge in [0.2, 0.25) is 12.3 Å². The number of pyridine rings is 1. The molecule has 0 saturated heterocycles. The molecule has 0 bridgehead atoms. The molecule has 3 unspecified atom stereocenters. The van der Waals surface area contributed by atoms with Crippen LogP contribution in [0, 0.1) is 17.6 Å². The Hall–Kier alpha value is -4.42. The Balaban J connectivity index is 1.33. The van der Waals surface area contributed by atoms with Crippen LogP contribution >= 0.6 is 0 Å². The first-order chi connectivity index (χ1) is 20.9. The van der Waals surface area contributed by atoms with Crippen LogP contribution in [-0.4, -0.2) is 27.0 Å². The normalized spacial score (nSPS) is 19.3. The second-order valence-corrected chi connectivity index (χ2v) is 10.9. The zero-order valence-electron chi connectivity index (χ0n) is 23.1. The highest BCUT2D eigenvalue weighted by Crippen LogP contribution is 2.68. The molecule has 1 N–H and O–H groups in total. The van der Waals surface area contributed by atoms with Crippen LogP contribution in [0.15, 0.2) is 60.8 Å². The van der Waals surface area contributed by atoms with Gasteiger partial charge >= 0.3 is 0 Å². The number of hydrogen-bond donors (Lipinski definition) is 1. The van der Waals surface area contributed by atoms with Crippen LogP contribution in [0.1, 0.15) is 59.9 Å². The average molecular weight is 619 g/mol. The van der Waals surface area contributed by atoms with Gasteiger partial charge in [0, 0.05) is 36.2 Å². The number of carbonyl (C=O) groups excluding carboxylic acids is 1. The van der Waals surface area contributed by atoms with Gasteiger partial charge in [0.05, 0.1) is 11.7 Å². The van der Waals surface area contributed by atoms with Crippen LogP contribution in [0.2, 0.25) is 0 Å². The van der Waals surface area contributed by atoms with Crippen molar-refractivity contribution in [2.24, 2.45) is 5.92 Å². The molecular formula is C31H25F7N4O2. The Kier molecular flexibility index (Phi) is 7.58. The second-order valence-electron chi connectivity index (χ2n) is 10.9. The van der Waals surface area contributed by atoms with Crippen molar-refractivity contribution in [3.63, 3.8) is 0 Å². The third-order valence-electron chi connectivity index (χ3n) is 7.79. The smallest absolute Gasteiger partial charge is 0.293 e. The van der Waals surface area contributed by atoms with Gasteiger partial charge in [-0.05, 0) is 60.2 Å². The third kappa shape index (κ3) is 5.62. The summed E-state index contributed by atoms with van der Waals surface area (Å²) in [6.07, 6.45) is -3.29. The summed E-state index contributed by atoms with van der Waals surface area (Å²) in [7, 11) is 0.